The second-order valence-electron chi connectivity index (χ2n) is 7.13. The Morgan fingerprint density at radius 3 is 2.96 bits per heavy atom. The minimum atomic E-state index is -0.605. The van der Waals surface area contributed by atoms with Crippen molar-refractivity contribution in [2.45, 2.75) is 38.6 Å². The van der Waals surface area contributed by atoms with E-state index in [1.807, 2.05) is 0 Å². The maximum absolute atomic E-state index is 12.4. The molecule has 1 fully saturated rings. The van der Waals surface area contributed by atoms with E-state index >= 15 is 0 Å². The first kappa shape index (κ1) is 18.6. The first-order valence-corrected chi connectivity index (χ1v) is 9.19. The van der Waals surface area contributed by atoms with E-state index in [4.69, 9.17) is 18.6 Å². The number of ether oxygens (including phenoxy) is 3. The lowest BCUT2D eigenvalue weighted by Gasteiger charge is -2.19. The fourth-order valence-electron chi connectivity index (χ4n) is 3.22. The Kier molecular flexibility index (Phi) is 5.10. The van der Waals surface area contributed by atoms with Gasteiger partial charge in [0, 0.05) is 25.2 Å². The van der Waals surface area contributed by atoms with Crippen molar-refractivity contribution in [2.75, 3.05) is 19.9 Å². The number of nitrogens with one attached hydrogen (secondary N) is 1. The van der Waals surface area contributed by atoms with Crippen molar-refractivity contribution in [1.82, 2.24) is 15.2 Å². The predicted molar refractivity (Wildman–Crippen MR) is 97.4 cm³/mol. The number of carbonyl (C=O) groups excluding carboxylic acids is 1. The number of nitrogens with zero attached hydrogens (tertiary/aromatic N) is 2. The minimum absolute atomic E-state index is 0.0695. The number of likely N-dealkylation sites (tertiary alicyclic amines) is 1. The summed E-state index contributed by atoms with van der Waals surface area (Å²) in [6, 6.07) is 5.22. The van der Waals surface area contributed by atoms with Gasteiger partial charge in [0.15, 0.2) is 23.8 Å². The molecule has 0 spiro atoms. The van der Waals surface area contributed by atoms with Gasteiger partial charge >= 0.3 is 0 Å². The Morgan fingerprint density at radius 1 is 1.36 bits per heavy atom. The van der Waals surface area contributed by atoms with Crippen molar-refractivity contribution >= 4 is 5.91 Å². The molecule has 1 saturated heterocycles. The molecule has 2 aromatic rings. The molecule has 2 N–H and O–H groups in total. The highest BCUT2D eigenvalue weighted by molar-refractivity contribution is 5.92. The molecule has 2 aliphatic rings. The molecule has 3 heterocycles. The van der Waals surface area contributed by atoms with Crippen LogP contribution < -0.4 is 19.5 Å². The highest BCUT2D eigenvalue weighted by Gasteiger charge is 2.34. The molecule has 28 heavy (non-hydrogen) atoms. The Morgan fingerprint density at radius 2 is 2.18 bits per heavy atom. The average molecular weight is 389 g/mol. The topological polar surface area (TPSA) is 106 Å². The SMILES string of the molecule is CC(C)N1C[C@@H](O)[C@H](NC(=O)c2coc(COc3ccc4c(c3)OCO4)n2)C1. The number of β-amino-alcohol motifs (C(OH)–C–C–N with tert-alkyl or cyclic N) is 1. The summed E-state index contributed by atoms with van der Waals surface area (Å²) in [5.74, 6) is 1.77. The average Bonchev–Trinajstić information content (AvgIpc) is 3.39. The lowest BCUT2D eigenvalue weighted by atomic mass is 10.2. The molecule has 1 aromatic heterocycles. The van der Waals surface area contributed by atoms with E-state index in [9.17, 15) is 9.90 Å². The van der Waals surface area contributed by atoms with Gasteiger partial charge in [-0.1, -0.05) is 0 Å². The Labute approximate surface area is 162 Å². The van der Waals surface area contributed by atoms with Crippen LogP contribution in [-0.2, 0) is 6.61 Å². The van der Waals surface area contributed by atoms with Crippen LogP contribution >= 0.6 is 0 Å². The largest absolute Gasteiger partial charge is 0.484 e. The van der Waals surface area contributed by atoms with Gasteiger partial charge in [-0.05, 0) is 26.0 Å². The standard InChI is InChI=1S/C19H23N3O6/c1-11(2)22-6-13(15(23)7-22)21-19(24)14-8-26-18(20-14)9-25-12-3-4-16-17(5-12)28-10-27-16/h3-5,8,11,13,15,23H,6-7,9-10H2,1-2H3,(H,21,24)/t13-,15-/m1/s1. The third-order valence-corrected chi connectivity index (χ3v) is 4.85. The monoisotopic (exact) mass is 389 g/mol. The van der Waals surface area contributed by atoms with Crippen molar-refractivity contribution in [3.8, 4) is 17.2 Å². The number of fused-ring (bicyclic) bond motifs is 1. The summed E-state index contributed by atoms with van der Waals surface area (Å²) in [7, 11) is 0. The van der Waals surface area contributed by atoms with Crippen molar-refractivity contribution in [3.63, 3.8) is 0 Å². The quantitative estimate of drug-likeness (QED) is 0.758. The molecule has 9 nitrogen and oxygen atoms in total. The smallest absolute Gasteiger partial charge is 0.273 e. The van der Waals surface area contributed by atoms with Gasteiger partial charge in [-0.25, -0.2) is 4.98 Å². The van der Waals surface area contributed by atoms with E-state index in [0.29, 0.717) is 36.4 Å². The first-order valence-electron chi connectivity index (χ1n) is 9.19. The molecule has 1 aromatic carbocycles. The molecule has 0 unspecified atom stereocenters. The van der Waals surface area contributed by atoms with Gasteiger partial charge in [-0.15, -0.1) is 0 Å². The van der Waals surface area contributed by atoms with Crippen LogP contribution in [0.1, 0.15) is 30.2 Å². The molecule has 0 aliphatic carbocycles. The number of hydrogen-bond acceptors (Lipinski definition) is 8. The van der Waals surface area contributed by atoms with E-state index in [-0.39, 0.29) is 36.9 Å². The summed E-state index contributed by atoms with van der Waals surface area (Å²) in [6.07, 6.45) is 0.682. The molecular formula is C19H23N3O6. The lowest BCUT2D eigenvalue weighted by Crippen LogP contribution is -2.43. The van der Waals surface area contributed by atoms with Crippen molar-refractivity contribution in [2.24, 2.45) is 0 Å². The molecule has 9 heteroatoms. The summed E-state index contributed by atoms with van der Waals surface area (Å²) in [4.78, 5) is 18.7. The van der Waals surface area contributed by atoms with E-state index in [1.54, 1.807) is 18.2 Å². The van der Waals surface area contributed by atoms with Crippen LogP contribution in [0.5, 0.6) is 17.2 Å². The lowest BCUT2D eigenvalue weighted by molar-refractivity contribution is 0.0883. The first-order chi connectivity index (χ1) is 13.5. The zero-order valence-corrected chi connectivity index (χ0v) is 15.8. The summed E-state index contributed by atoms with van der Waals surface area (Å²) in [5, 5.41) is 13.0. The van der Waals surface area contributed by atoms with E-state index in [2.05, 4.69) is 29.0 Å². The minimum Gasteiger partial charge on any atom is -0.484 e. The number of hydrogen-bond donors (Lipinski definition) is 2. The van der Waals surface area contributed by atoms with E-state index in [0.717, 1.165) is 0 Å². The number of rotatable bonds is 6. The maximum Gasteiger partial charge on any atom is 0.273 e. The van der Waals surface area contributed by atoms with Crippen LogP contribution in [0.4, 0.5) is 0 Å². The van der Waals surface area contributed by atoms with Gasteiger partial charge in [-0.2, -0.15) is 0 Å². The second kappa shape index (κ2) is 7.69. The Bertz CT molecular complexity index is 852. The highest BCUT2D eigenvalue weighted by Crippen LogP contribution is 2.35. The molecule has 4 rings (SSSR count). The Balaban J connectivity index is 1.32. The summed E-state index contributed by atoms with van der Waals surface area (Å²) in [5.41, 5.74) is 0.152. The number of aliphatic hydroxyl groups is 1. The predicted octanol–water partition coefficient (Wildman–Crippen LogP) is 1.17. The van der Waals surface area contributed by atoms with Crippen LogP contribution in [0.25, 0.3) is 0 Å². The van der Waals surface area contributed by atoms with E-state index in [1.165, 1.54) is 6.26 Å². The fraction of sp³-hybridized carbons (Fsp3) is 0.474. The molecular weight excluding hydrogens is 366 g/mol. The zero-order chi connectivity index (χ0) is 19.7. The van der Waals surface area contributed by atoms with E-state index < -0.39 is 6.10 Å². The van der Waals surface area contributed by atoms with Gasteiger partial charge in [-0.3, -0.25) is 9.69 Å². The summed E-state index contributed by atoms with van der Waals surface area (Å²) < 4.78 is 21.5. The van der Waals surface area contributed by atoms with Crippen LogP contribution in [0.15, 0.2) is 28.9 Å². The van der Waals surface area contributed by atoms with Gasteiger partial charge in [0.25, 0.3) is 5.91 Å². The number of oxazole rings is 1. The molecule has 1 amide bonds. The number of carbonyl (C=O) groups is 1. The molecule has 2 aliphatic heterocycles. The third-order valence-electron chi connectivity index (χ3n) is 4.85. The fourth-order valence-corrected chi connectivity index (χ4v) is 3.22. The molecule has 2 atom stereocenters. The zero-order valence-electron chi connectivity index (χ0n) is 15.8. The van der Waals surface area contributed by atoms with Gasteiger partial charge in [0.1, 0.15) is 12.0 Å². The third kappa shape index (κ3) is 3.90. The summed E-state index contributed by atoms with van der Waals surface area (Å²) >= 11 is 0. The number of aromatic nitrogens is 1. The number of amides is 1. The number of aliphatic hydroxyl groups excluding tert-OH is 1. The van der Waals surface area contributed by atoms with Crippen LogP contribution in [0, 0.1) is 0 Å². The van der Waals surface area contributed by atoms with Gasteiger partial charge < -0.3 is 29.1 Å². The van der Waals surface area contributed by atoms with Gasteiger partial charge in [0.2, 0.25) is 12.7 Å². The molecule has 0 saturated carbocycles. The van der Waals surface area contributed by atoms with Crippen LogP contribution in [0.2, 0.25) is 0 Å². The molecule has 0 radical (unpaired) electrons. The maximum atomic E-state index is 12.4. The number of benzene rings is 1. The van der Waals surface area contributed by atoms with Crippen LogP contribution in [-0.4, -0.2) is 59.0 Å². The second-order valence-corrected chi connectivity index (χ2v) is 7.13. The van der Waals surface area contributed by atoms with Gasteiger partial charge in [0.05, 0.1) is 12.1 Å². The normalized spacial score (nSPS) is 21.3. The van der Waals surface area contributed by atoms with Crippen molar-refractivity contribution in [3.05, 3.63) is 36.0 Å². The highest BCUT2D eigenvalue weighted by atomic mass is 16.7. The van der Waals surface area contributed by atoms with Crippen LogP contribution in [0.3, 0.4) is 0 Å². The van der Waals surface area contributed by atoms with Crippen molar-refractivity contribution in [1.29, 1.82) is 0 Å². The van der Waals surface area contributed by atoms with Crippen molar-refractivity contribution < 1.29 is 28.5 Å². The molecule has 0 bridgehead atoms. The Hall–Kier alpha value is -2.78. The molecule has 150 valence electrons. The summed E-state index contributed by atoms with van der Waals surface area (Å²) in [6.45, 7) is 5.52.